The number of carbonyl (C=O) groups excluding carboxylic acids is 3. The molecule has 6 nitrogen and oxygen atoms in total. The number of fused-ring (bicyclic) bond motifs is 1. The van der Waals surface area contributed by atoms with E-state index in [9.17, 15) is 14.4 Å². The molecular formula is C27H18Cl3N3O3. The minimum absolute atomic E-state index is 0.163. The molecule has 3 aromatic carbocycles. The maximum atomic E-state index is 13.3. The summed E-state index contributed by atoms with van der Waals surface area (Å²) < 4.78 is 2.00. The number of amides is 4. The average molecular weight is 539 g/mol. The second-order valence-corrected chi connectivity index (χ2v) is 9.59. The van der Waals surface area contributed by atoms with Crippen LogP contribution in [0.4, 0.5) is 10.5 Å². The van der Waals surface area contributed by atoms with Gasteiger partial charge < -0.3 is 4.57 Å². The van der Waals surface area contributed by atoms with Crippen LogP contribution in [0.3, 0.4) is 0 Å². The summed E-state index contributed by atoms with van der Waals surface area (Å²) in [6, 6.07) is 17.1. The summed E-state index contributed by atoms with van der Waals surface area (Å²) in [5.74, 6) is -1.49. The summed E-state index contributed by atoms with van der Waals surface area (Å²) in [6.45, 7) is 2.31. The molecule has 9 heteroatoms. The monoisotopic (exact) mass is 537 g/mol. The van der Waals surface area contributed by atoms with Crippen LogP contribution < -0.4 is 10.2 Å². The fraction of sp³-hybridized carbons (Fsp3) is 0.0741. The lowest BCUT2D eigenvalue weighted by Crippen LogP contribution is -2.54. The molecule has 1 N–H and O–H groups in total. The SMILES string of the molecule is Cc1ccc(N2C(=O)NC(=O)/C(=C/c3cn(Cc4ccc(Cl)c(Cl)c4)c4ccccc34)C2=O)cc1Cl. The number of halogens is 3. The molecule has 1 aliphatic rings. The van der Waals surface area contributed by atoms with Gasteiger partial charge in [0.15, 0.2) is 0 Å². The van der Waals surface area contributed by atoms with E-state index >= 15 is 0 Å². The molecular weight excluding hydrogens is 521 g/mol. The molecule has 2 heterocycles. The fourth-order valence-corrected chi connectivity index (χ4v) is 4.62. The highest BCUT2D eigenvalue weighted by Gasteiger charge is 2.37. The minimum Gasteiger partial charge on any atom is -0.342 e. The third-order valence-electron chi connectivity index (χ3n) is 5.97. The molecule has 180 valence electrons. The molecule has 4 amide bonds. The van der Waals surface area contributed by atoms with Crippen LogP contribution in [0.5, 0.6) is 0 Å². The zero-order valence-corrected chi connectivity index (χ0v) is 21.2. The minimum atomic E-state index is -0.830. The van der Waals surface area contributed by atoms with E-state index < -0.39 is 17.8 Å². The van der Waals surface area contributed by atoms with Gasteiger partial charge in [-0.15, -0.1) is 0 Å². The van der Waals surface area contributed by atoms with E-state index in [2.05, 4.69) is 5.32 Å². The highest BCUT2D eigenvalue weighted by Crippen LogP contribution is 2.30. The van der Waals surface area contributed by atoms with Gasteiger partial charge in [0, 0.05) is 34.2 Å². The largest absolute Gasteiger partial charge is 0.342 e. The standard InChI is InChI=1S/C27H18Cl3N3O3/c1-15-6-8-18(12-22(15)29)33-26(35)20(25(34)31-27(33)36)11-17-14-32(24-5-3-2-4-19(17)24)13-16-7-9-21(28)23(30)10-16/h2-12,14H,13H2,1H3,(H,31,34,36)/b20-11-. The average Bonchev–Trinajstić information content (AvgIpc) is 3.18. The van der Waals surface area contributed by atoms with Crippen molar-refractivity contribution in [3.63, 3.8) is 0 Å². The van der Waals surface area contributed by atoms with Gasteiger partial charge in [-0.1, -0.05) is 65.1 Å². The summed E-state index contributed by atoms with van der Waals surface area (Å²) in [5, 5.41) is 4.42. The number of nitrogens with zero attached hydrogens (tertiary/aromatic N) is 2. The van der Waals surface area contributed by atoms with Crippen molar-refractivity contribution < 1.29 is 14.4 Å². The Labute approximate surface area is 221 Å². The number of benzene rings is 3. The third-order valence-corrected chi connectivity index (χ3v) is 7.12. The second-order valence-electron chi connectivity index (χ2n) is 8.37. The number of imide groups is 2. The fourth-order valence-electron chi connectivity index (χ4n) is 4.12. The van der Waals surface area contributed by atoms with Gasteiger partial charge >= 0.3 is 6.03 Å². The Morgan fingerprint density at radius 3 is 2.42 bits per heavy atom. The Morgan fingerprint density at radius 2 is 1.67 bits per heavy atom. The van der Waals surface area contributed by atoms with Crippen LogP contribution in [0.2, 0.25) is 15.1 Å². The number of urea groups is 1. The highest BCUT2D eigenvalue weighted by molar-refractivity contribution is 6.42. The first-order chi connectivity index (χ1) is 17.2. The molecule has 0 aliphatic carbocycles. The lowest BCUT2D eigenvalue weighted by Gasteiger charge is -2.26. The molecule has 1 fully saturated rings. The van der Waals surface area contributed by atoms with Crippen molar-refractivity contribution in [2.75, 3.05) is 4.90 Å². The van der Waals surface area contributed by atoms with Gasteiger partial charge in [-0.3, -0.25) is 14.9 Å². The van der Waals surface area contributed by atoms with Crippen LogP contribution in [0.25, 0.3) is 17.0 Å². The zero-order valence-electron chi connectivity index (χ0n) is 18.9. The molecule has 1 aliphatic heterocycles. The number of aryl methyl sites for hydroxylation is 1. The van der Waals surface area contributed by atoms with E-state index in [-0.39, 0.29) is 11.3 Å². The maximum Gasteiger partial charge on any atom is 0.335 e. The van der Waals surface area contributed by atoms with Crippen LogP contribution in [-0.2, 0) is 16.1 Å². The first-order valence-corrected chi connectivity index (χ1v) is 12.1. The van der Waals surface area contributed by atoms with Gasteiger partial charge in [0.25, 0.3) is 11.8 Å². The molecule has 0 atom stereocenters. The number of rotatable bonds is 4. The normalized spacial score (nSPS) is 15.2. The number of nitrogens with one attached hydrogen (secondary N) is 1. The summed E-state index contributed by atoms with van der Waals surface area (Å²) in [7, 11) is 0. The Hall–Kier alpha value is -3.58. The van der Waals surface area contributed by atoms with Gasteiger partial charge in [-0.2, -0.15) is 0 Å². The highest BCUT2D eigenvalue weighted by atomic mass is 35.5. The number of anilines is 1. The lowest BCUT2D eigenvalue weighted by molar-refractivity contribution is -0.122. The Balaban J connectivity index is 1.56. The summed E-state index contributed by atoms with van der Waals surface area (Å²) in [5.41, 5.74) is 3.39. The first kappa shape index (κ1) is 24.1. The summed E-state index contributed by atoms with van der Waals surface area (Å²) >= 11 is 18.4. The van der Waals surface area contributed by atoms with E-state index in [1.165, 1.54) is 12.1 Å². The molecule has 5 rings (SSSR count). The van der Waals surface area contributed by atoms with Crippen LogP contribution in [-0.4, -0.2) is 22.4 Å². The molecule has 36 heavy (non-hydrogen) atoms. The van der Waals surface area contributed by atoms with E-state index in [4.69, 9.17) is 34.8 Å². The number of para-hydroxylation sites is 1. The number of barbiturate groups is 1. The van der Waals surface area contributed by atoms with E-state index in [0.717, 1.165) is 26.9 Å². The van der Waals surface area contributed by atoms with Crippen molar-refractivity contribution in [1.29, 1.82) is 0 Å². The van der Waals surface area contributed by atoms with Crippen LogP contribution in [0.15, 0.2) is 72.4 Å². The van der Waals surface area contributed by atoms with Crippen LogP contribution in [0, 0.1) is 6.92 Å². The van der Waals surface area contributed by atoms with E-state index in [1.54, 1.807) is 24.3 Å². The maximum absolute atomic E-state index is 13.3. The van der Waals surface area contributed by atoms with Gasteiger partial charge in [-0.05, 0) is 54.5 Å². The molecule has 0 unspecified atom stereocenters. The van der Waals surface area contributed by atoms with Crippen molar-refractivity contribution in [1.82, 2.24) is 9.88 Å². The van der Waals surface area contributed by atoms with Crippen LogP contribution in [0.1, 0.15) is 16.7 Å². The molecule has 0 saturated carbocycles. The molecule has 0 bridgehead atoms. The zero-order chi connectivity index (χ0) is 25.6. The van der Waals surface area contributed by atoms with Gasteiger partial charge in [-0.25, -0.2) is 9.69 Å². The Bertz CT molecular complexity index is 1610. The van der Waals surface area contributed by atoms with Crippen molar-refractivity contribution in [2.24, 2.45) is 0 Å². The topological polar surface area (TPSA) is 71.4 Å². The smallest absolute Gasteiger partial charge is 0.335 e. The van der Waals surface area contributed by atoms with Crippen LogP contribution >= 0.6 is 34.8 Å². The number of carbonyl (C=O) groups is 3. The van der Waals surface area contributed by atoms with Gasteiger partial charge in [0.05, 0.1) is 15.7 Å². The van der Waals surface area contributed by atoms with Gasteiger partial charge in [0.1, 0.15) is 5.57 Å². The van der Waals surface area contributed by atoms with Crippen molar-refractivity contribution >= 4 is 75.3 Å². The molecule has 0 spiro atoms. The quantitative estimate of drug-likeness (QED) is 0.234. The molecule has 1 aromatic heterocycles. The third kappa shape index (κ3) is 4.39. The van der Waals surface area contributed by atoms with E-state index in [0.29, 0.717) is 27.2 Å². The van der Waals surface area contributed by atoms with Crippen molar-refractivity contribution in [3.8, 4) is 0 Å². The van der Waals surface area contributed by atoms with Gasteiger partial charge in [0.2, 0.25) is 0 Å². The number of aromatic nitrogens is 1. The second kappa shape index (κ2) is 9.47. The molecule has 0 radical (unpaired) electrons. The van der Waals surface area contributed by atoms with Crippen molar-refractivity contribution in [2.45, 2.75) is 13.5 Å². The van der Waals surface area contributed by atoms with E-state index in [1.807, 2.05) is 48.0 Å². The predicted molar refractivity (Wildman–Crippen MR) is 143 cm³/mol. The predicted octanol–water partition coefficient (Wildman–Crippen LogP) is 6.62. The van der Waals surface area contributed by atoms with Crippen molar-refractivity contribution in [3.05, 3.63) is 104 Å². The number of hydrogen-bond donors (Lipinski definition) is 1. The first-order valence-electron chi connectivity index (χ1n) is 10.9. The molecule has 4 aromatic rings. The Kier molecular flexibility index (Phi) is 6.35. The summed E-state index contributed by atoms with van der Waals surface area (Å²) in [6.07, 6.45) is 3.35. The number of hydrogen-bond acceptors (Lipinski definition) is 3. The molecule has 1 saturated heterocycles. The summed E-state index contributed by atoms with van der Waals surface area (Å²) in [4.78, 5) is 39.5. The lowest BCUT2D eigenvalue weighted by atomic mass is 10.1. The Morgan fingerprint density at radius 1 is 0.889 bits per heavy atom.